The summed E-state index contributed by atoms with van der Waals surface area (Å²) in [4.78, 5) is 12.0. The van der Waals surface area contributed by atoms with E-state index in [-0.39, 0.29) is 0 Å². The number of hydrogen-bond donors (Lipinski definition) is 2. The Bertz CT molecular complexity index is 406. The predicted molar refractivity (Wildman–Crippen MR) is 64.8 cm³/mol. The topological polar surface area (TPSA) is 63.3 Å². The summed E-state index contributed by atoms with van der Waals surface area (Å²) in [7, 11) is 0. The molecule has 1 heterocycles. The van der Waals surface area contributed by atoms with E-state index < -0.39 is 12.0 Å². The van der Waals surface area contributed by atoms with Crippen molar-refractivity contribution < 1.29 is 9.90 Å². The van der Waals surface area contributed by atoms with Crippen molar-refractivity contribution in [3.63, 3.8) is 0 Å². The molecule has 86 valence electrons. The Balaban J connectivity index is 2.14. The minimum atomic E-state index is -0.938. The minimum Gasteiger partial charge on any atom is -0.480 e. The zero-order chi connectivity index (χ0) is 11.5. The molecule has 4 heteroatoms. The van der Waals surface area contributed by atoms with Crippen molar-refractivity contribution in [3.05, 3.63) is 29.3 Å². The van der Waals surface area contributed by atoms with Gasteiger partial charge < -0.3 is 10.8 Å². The molecule has 0 aromatic heterocycles. The van der Waals surface area contributed by atoms with Crippen LogP contribution < -0.4 is 5.73 Å². The molecule has 3 nitrogen and oxygen atoms in total. The van der Waals surface area contributed by atoms with E-state index in [9.17, 15) is 4.79 Å². The Kier molecular flexibility index (Phi) is 3.51. The van der Waals surface area contributed by atoms with Crippen LogP contribution in [0, 0.1) is 0 Å². The van der Waals surface area contributed by atoms with E-state index in [1.807, 2.05) is 17.8 Å². The Labute approximate surface area is 99.0 Å². The van der Waals surface area contributed by atoms with Crippen LogP contribution in [0.15, 0.2) is 23.1 Å². The molecule has 1 aliphatic rings. The van der Waals surface area contributed by atoms with Crippen LogP contribution in [0.4, 0.5) is 0 Å². The normalized spacial score (nSPS) is 16.6. The molecule has 1 aromatic carbocycles. The lowest BCUT2D eigenvalue weighted by Crippen LogP contribution is -2.32. The summed E-state index contributed by atoms with van der Waals surface area (Å²) < 4.78 is 0. The number of carbonyl (C=O) groups is 1. The SMILES string of the molecule is NC(Cc1ccc2c(c1)CCCS2)C(=O)O. The van der Waals surface area contributed by atoms with Crippen molar-refractivity contribution in [2.45, 2.75) is 30.2 Å². The van der Waals surface area contributed by atoms with E-state index >= 15 is 0 Å². The summed E-state index contributed by atoms with van der Waals surface area (Å²) in [5.41, 5.74) is 7.88. The fourth-order valence-corrected chi connectivity index (χ4v) is 2.90. The highest BCUT2D eigenvalue weighted by molar-refractivity contribution is 7.99. The first-order chi connectivity index (χ1) is 7.66. The van der Waals surface area contributed by atoms with Gasteiger partial charge in [-0.15, -0.1) is 11.8 Å². The number of aryl methyl sites for hydroxylation is 1. The second-order valence-corrected chi connectivity index (χ2v) is 5.18. The molecule has 1 aromatic rings. The first kappa shape index (κ1) is 11.5. The van der Waals surface area contributed by atoms with Crippen molar-refractivity contribution in [2.75, 3.05) is 5.75 Å². The first-order valence-electron chi connectivity index (χ1n) is 5.40. The van der Waals surface area contributed by atoms with Crippen molar-refractivity contribution in [2.24, 2.45) is 5.73 Å². The van der Waals surface area contributed by atoms with Gasteiger partial charge in [-0.3, -0.25) is 4.79 Å². The van der Waals surface area contributed by atoms with Gasteiger partial charge in [0.05, 0.1) is 0 Å². The number of carboxylic acids is 1. The fourth-order valence-electron chi connectivity index (χ4n) is 1.88. The molecule has 16 heavy (non-hydrogen) atoms. The second kappa shape index (κ2) is 4.89. The van der Waals surface area contributed by atoms with Gasteiger partial charge in [-0.05, 0) is 42.2 Å². The molecule has 0 bridgehead atoms. The summed E-state index contributed by atoms with van der Waals surface area (Å²) >= 11 is 1.88. The lowest BCUT2D eigenvalue weighted by atomic mass is 10.0. The number of carboxylic acid groups (broad SMARTS) is 1. The molecular weight excluding hydrogens is 222 g/mol. The van der Waals surface area contributed by atoms with E-state index in [0.717, 1.165) is 12.0 Å². The van der Waals surface area contributed by atoms with Gasteiger partial charge >= 0.3 is 5.97 Å². The molecule has 1 unspecified atom stereocenters. The lowest BCUT2D eigenvalue weighted by Gasteiger charge is -2.16. The van der Waals surface area contributed by atoms with Gasteiger partial charge in [-0.25, -0.2) is 0 Å². The molecule has 2 rings (SSSR count). The van der Waals surface area contributed by atoms with Crippen LogP contribution in [-0.2, 0) is 17.6 Å². The number of benzene rings is 1. The molecule has 0 saturated heterocycles. The van der Waals surface area contributed by atoms with Crippen LogP contribution in [0.5, 0.6) is 0 Å². The monoisotopic (exact) mass is 237 g/mol. The second-order valence-electron chi connectivity index (χ2n) is 4.04. The van der Waals surface area contributed by atoms with Crippen LogP contribution in [0.1, 0.15) is 17.5 Å². The molecule has 0 saturated carbocycles. The van der Waals surface area contributed by atoms with Gasteiger partial charge in [0.1, 0.15) is 6.04 Å². The Hall–Kier alpha value is -1.00. The standard InChI is InChI=1S/C12H15NO2S/c13-10(12(14)15)7-8-3-4-11-9(6-8)2-1-5-16-11/h3-4,6,10H,1-2,5,7,13H2,(H,14,15). The Morgan fingerprint density at radius 1 is 1.56 bits per heavy atom. The van der Waals surface area contributed by atoms with Crippen LogP contribution in [0.2, 0.25) is 0 Å². The number of fused-ring (bicyclic) bond motifs is 1. The molecule has 0 amide bonds. The third-order valence-electron chi connectivity index (χ3n) is 2.75. The summed E-state index contributed by atoms with van der Waals surface area (Å²) in [6.45, 7) is 0. The highest BCUT2D eigenvalue weighted by atomic mass is 32.2. The smallest absolute Gasteiger partial charge is 0.320 e. The Morgan fingerprint density at radius 3 is 3.12 bits per heavy atom. The molecule has 0 fully saturated rings. The first-order valence-corrected chi connectivity index (χ1v) is 6.38. The van der Waals surface area contributed by atoms with Gasteiger partial charge in [0.2, 0.25) is 0 Å². The maximum absolute atomic E-state index is 10.7. The zero-order valence-corrected chi connectivity index (χ0v) is 9.80. The molecule has 1 atom stereocenters. The number of rotatable bonds is 3. The molecule has 0 radical (unpaired) electrons. The molecule has 0 spiro atoms. The van der Waals surface area contributed by atoms with Gasteiger partial charge in [0.15, 0.2) is 0 Å². The molecular formula is C12H15NO2S. The number of aliphatic carboxylic acids is 1. The van der Waals surface area contributed by atoms with Gasteiger partial charge in [0.25, 0.3) is 0 Å². The summed E-state index contributed by atoms with van der Waals surface area (Å²) in [5.74, 6) is 0.244. The average molecular weight is 237 g/mol. The maximum Gasteiger partial charge on any atom is 0.320 e. The minimum absolute atomic E-state index is 0.410. The van der Waals surface area contributed by atoms with E-state index in [1.165, 1.54) is 22.6 Å². The number of nitrogens with two attached hydrogens (primary N) is 1. The van der Waals surface area contributed by atoms with E-state index in [4.69, 9.17) is 10.8 Å². The van der Waals surface area contributed by atoms with Crippen LogP contribution in [0.3, 0.4) is 0 Å². The van der Waals surface area contributed by atoms with Crippen LogP contribution in [0.25, 0.3) is 0 Å². The maximum atomic E-state index is 10.7. The van der Waals surface area contributed by atoms with Crippen molar-refractivity contribution >= 4 is 17.7 Å². The van der Waals surface area contributed by atoms with Gasteiger partial charge in [0, 0.05) is 4.90 Å². The number of thioether (sulfide) groups is 1. The van der Waals surface area contributed by atoms with E-state index in [1.54, 1.807) is 0 Å². The lowest BCUT2D eigenvalue weighted by molar-refractivity contribution is -0.138. The van der Waals surface area contributed by atoms with E-state index in [2.05, 4.69) is 12.1 Å². The largest absolute Gasteiger partial charge is 0.480 e. The van der Waals surface area contributed by atoms with Crippen LogP contribution >= 0.6 is 11.8 Å². The highest BCUT2D eigenvalue weighted by Gasteiger charge is 2.14. The summed E-state index contributed by atoms with van der Waals surface area (Å²) in [5, 5.41) is 8.75. The highest BCUT2D eigenvalue weighted by Crippen LogP contribution is 2.30. The van der Waals surface area contributed by atoms with Crippen molar-refractivity contribution in [1.82, 2.24) is 0 Å². The summed E-state index contributed by atoms with van der Waals surface area (Å²) in [6.07, 6.45) is 2.71. The third kappa shape index (κ3) is 2.57. The quantitative estimate of drug-likeness (QED) is 0.839. The average Bonchev–Trinajstić information content (AvgIpc) is 2.28. The predicted octanol–water partition coefficient (Wildman–Crippen LogP) is 1.68. The van der Waals surface area contributed by atoms with Crippen molar-refractivity contribution in [3.8, 4) is 0 Å². The molecule has 1 aliphatic heterocycles. The molecule has 0 aliphatic carbocycles. The van der Waals surface area contributed by atoms with Crippen LogP contribution in [-0.4, -0.2) is 22.9 Å². The number of hydrogen-bond acceptors (Lipinski definition) is 3. The van der Waals surface area contributed by atoms with E-state index in [0.29, 0.717) is 6.42 Å². The molecule has 3 N–H and O–H groups in total. The summed E-state index contributed by atoms with van der Waals surface area (Å²) in [6, 6.07) is 5.38. The Morgan fingerprint density at radius 2 is 2.38 bits per heavy atom. The fraction of sp³-hybridized carbons (Fsp3) is 0.417. The van der Waals surface area contributed by atoms with Crippen molar-refractivity contribution in [1.29, 1.82) is 0 Å². The third-order valence-corrected chi connectivity index (χ3v) is 3.95. The van der Waals surface area contributed by atoms with Gasteiger partial charge in [-0.2, -0.15) is 0 Å². The zero-order valence-electron chi connectivity index (χ0n) is 8.98. The van der Waals surface area contributed by atoms with Gasteiger partial charge in [-0.1, -0.05) is 12.1 Å².